The number of nitrogens with one attached hydrogen (secondary N) is 1. The highest BCUT2D eigenvalue weighted by molar-refractivity contribution is 5.80. The number of urea groups is 1. The van der Waals surface area contributed by atoms with Crippen LogP contribution in [0.3, 0.4) is 0 Å². The van der Waals surface area contributed by atoms with Crippen molar-refractivity contribution >= 4 is 16.8 Å². The van der Waals surface area contributed by atoms with E-state index in [1.165, 1.54) is 0 Å². The molecule has 2 aliphatic heterocycles. The topological polar surface area (TPSA) is 90.7 Å². The number of fused-ring (bicyclic) bond motifs is 1. The molecule has 2 N–H and O–H groups in total. The lowest BCUT2D eigenvalue weighted by molar-refractivity contribution is -0.136. The summed E-state index contributed by atoms with van der Waals surface area (Å²) < 4.78 is 1.64. The van der Waals surface area contributed by atoms with Gasteiger partial charge in [0.05, 0.1) is 23.6 Å². The van der Waals surface area contributed by atoms with E-state index in [1.807, 2.05) is 40.1 Å². The predicted molar refractivity (Wildman–Crippen MR) is 142 cm³/mol. The number of aromatic nitrogens is 2. The van der Waals surface area contributed by atoms with E-state index in [1.54, 1.807) is 23.2 Å². The number of pyridine rings is 2. The van der Waals surface area contributed by atoms with Crippen LogP contribution in [-0.4, -0.2) is 68.8 Å². The first-order valence-corrected chi connectivity index (χ1v) is 13.5. The van der Waals surface area contributed by atoms with Crippen molar-refractivity contribution in [3.05, 3.63) is 77.0 Å². The van der Waals surface area contributed by atoms with Crippen molar-refractivity contribution in [2.45, 2.75) is 50.3 Å². The Morgan fingerprint density at radius 3 is 2.70 bits per heavy atom. The molecule has 3 aliphatic rings. The molecule has 3 fully saturated rings. The van der Waals surface area contributed by atoms with Gasteiger partial charge in [0.2, 0.25) is 0 Å². The van der Waals surface area contributed by atoms with Gasteiger partial charge >= 0.3 is 6.03 Å². The van der Waals surface area contributed by atoms with E-state index in [0.29, 0.717) is 31.4 Å². The highest BCUT2D eigenvalue weighted by Gasteiger charge is 2.56. The van der Waals surface area contributed by atoms with E-state index in [-0.39, 0.29) is 24.2 Å². The van der Waals surface area contributed by atoms with E-state index in [2.05, 4.69) is 22.4 Å². The van der Waals surface area contributed by atoms with Gasteiger partial charge in [0.1, 0.15) is 0 Å². The molecule has 3 aromatic rings. The Kier molecular flexibility index (Phi) is 6.24. The van der Waals surface area contributed by atoms with E-state index in [4.69, 9.17) is 0 Å². The molecule has 1 aromatic carbocycles. The lowest BCUT2D eigenvalue weighted by Gasteiger charge is -2.53. The number of benzene rings is 1. The van der Waals surface area contributed by atoms with Gasteiger partial charge in [-0.15, -0.1) is 0 Å². The summed E-state index contributed by atoms with van der Waals surface area (Å²) in [6.45, 7) is 3.41. The second-order valence-electron chi connectivity index (χ2n) is 11.0. The zero-order chi connectivity index (χ0) is 25.5. The van der Waals surface area contributed by atoms with Gasteiger partial charge in [-0.1, -0.05) is 43.2 Å². The molecule has 6 rings (SSSR count). The Hall–Kier alpha value is -3.23. The second kappa shape index (κ2) is 9.58. The number of rotatable bonds is 3. The summed E-state index contributed by atoms with van der Waals surface area (Å²) in [5, 5.41) is 17.0. The fourth-order valence-electron chi connectivity index (χ4n) is 6.88. The van der Waals surface area contributed by atoms with Crippen molar-refractivity contribution in [3.8, 4) is 0 Å². The molecule has 0 bridgehead atoms. The summed E-state index contributed by atoms with van der Waals surface area (Å²) >= 11 is 0. The van der Waals surface area contributed by atoms with Crippen molar-refractivity contribution in [2.75, 3.05) is 32.7 Å². The number of carbonyl (C=O) groups is 1. The van der Waals surface area contributed by atoms with Gasteiger partial charge in [-0.3, -0.25) is 9.78 Å². The molecule has 4 heterocycles. The maximum atomic E-state index is 13.9. The standard InChI is InChI=1S/C29H35N5O3/c35-26-24-18-30-13-8-22(24)9-15-32(26)21-29(37)12-16-33(20-28(29)10-4-5-11-28)27(36)34-17-14-31-19-25(34)23-6-2-1-3-7-23/h1-3,6-9,13,15,18,25,31,37H,4-5,10-12,14,16-17,19-21H2. The van der Waals surface area contributed by atoms with E-state index >= 15 is 0 Å². The van der Waals surface area contributed by atoms with E-state index < -0.39 is 11.0 Å². The van der Waals surface area contributed by atoms with Crippen LogP contribution in [0.15, 0.2) is 65.8 Å². The number of hydrogen-bond donors (Lipinski definition) is 2. The van der Waals surface area contributed by atoms with Crippen LogP contribution < -0.4 is 10.9 Å². The first-order chi connectivity index (χ1) is 18.0. The van der Waals surface area contributed by atoms with Gasteiger partial charge < -0.3 is 24.8 Å². The van der Waals surface area contributed by atoms with Gasteiger partial charge in [-0.2, -0.15) is 0 Å². The van der Waals surface area contributed by atoms with Gasteiger partial charge in [0.15, 0.2) is 0 Å². The monoisotopic (exact) mass is 501 g/mol. The number of piperazine rings is 1. The fourth-order valence-corrected chi connectivity index (χ4v) is 6.88. The molecule has 8 nitrogen and oxygen atoms in total. The summed E-state index contributed by atoms with van der Waals surface area (Å²) in [5.74, 6) is 0. The summed E-state index contributed by atoms with van der Waals surface area (Å²) in [6, 6.07) is 14.0. The van der Waals surface area contributed by atoms with Crippen LogP contribution in [0.2, 0.25) is 0 Å². The maximum absolute atomic E-state index is 13.9. The third-order valence-corrected chi connectivity index (χ3v) is 8.99. The molecule has 8 heteroatoms. The van der Waals surface area contributed by atoms with Crippen LogP contribution in [0.5, 0.6) is 0 Å². The van der Waals surface area contributed by atoms with Gasteiger partial charge in [0.25, 0.3) is 5.56 Å². The highest BCUT2D eigenvalue weighted by Crippen LogP contribution is 2.51. The van der Waals surface area contributed by atoms with Gasteiger partial charge in [0, 0.05) is 56.7 Å². The first-order valence-electron chi connectivity index (χ1n) is 13.5. The fraction of sp³-hybridized carbons (Fsp3) is 0.483. The molecule has 194 valence electrons. The smallest absolute Gasteiger partial charge is 0.320 e. The molecule has 1 saturated carbocycles. The number of nitrogens with zero attached hydrogens (tertiary/aromatic N) is 4. The van der Waals surface area contributed by atoms with Crippen LogP contribution in [0.1, 0.15) is 43.7 Å². The summed E-state index contributed by atoms with van der Waals surface area (Å²) in [4.78, 5) is 35.2. The Labute approximate surface area is 216 Å². The number of aliphatic hydroxyl groups is 1. The number of likely N-dealkylation sites (tertiary alicyclic amines) is 1. The molecular formula is C29H35N5O3. The van der Waals surface area contributed by atoms with Gasteiger partial charge in [-0.25, -0.2) is 4.79 Å². The quantitative estimate of drug-likeness (QED) is 0.576. The maximum Gasteiger partial charge on any atom is 0.320 e. The second-order valence-corrected chi connectivity index (χ2v) is 11.0. The van der Waals surface area contributed by atoms with E-state index in [9.17, 15) is 14.7 Å². The van der Waals surface area contributed by atoms with Gasteiger partial charge in [-0.05, 0) is 42.3 Å². The molecule has 1 aliphatic carbocycles. The number of hydrogen-bond acceptors (Lipinski definition) is 5. The molecule has 2 saturated heterocycles. The molecular weight excluding hydrogens is 466 g/mol. The van der Waals surface area contributed by atoms with Crippen molar-refractivity contribution in [1.82, 2.24) is 24.7 Å². The van der Waals surface area contributed by atoms with Crippen LogP contribution in [-0.2, 0) is 6.54 Å². The number of amides is 2. The SMILES string of the molecule is O=C(N1CCC(O)(Cn2ccc3ccncc3c2=O)C2(CCCC2)C1)N1CCNCC1c1ccccc1. The van der Waals surface area contributed by atoms with Crippen LogP contribution in [0.25, 0.3) is 10.8 Å². The largest absolute Gasteiger partial charge is 0.387 e. The Morgan fingerprint density at radius 2 is 1.89 bits per heavy atom. The van der Waals surface area contributed by atoms with Crippen molar-refractivity contribution < 1.29 is 9.90 Å². The summed E-state index contributed by atoms with van der Waals surface area (Å²) in [7, 11) is 0. The zero-order valence-electron chi connectivity index (χ0n) is 21.2. The third-order valence-electron chi connectivity index (χ3n) is 8.99. The summed E-state index contributed by atoms with van der Waals surface area (Å²) in [6.07, 6.45) is 9.30. The summed E-state index contributed by atoms with van der Waals surface area (Å²) in [5.41, 5.74) is -0.461. The Morgan fingerprint density at radius 1 is 1.08 bits per heavy atom. The number of carbonyl (C=O) groups excluding carboxylic acids is 1. The van der Waals surface area contributed by atoms with Crippen LogP contribution >= 0.6 is 0 Å². The predicted octanol–water partition coefficient (Wildman–Crippen LogP) is 3.16. The van der Waals surface area contributed by atoms with Crippen LogP contribution in [0, 0.1) is 5.41 Å². The Balaban J connectivity index is 1.26. The minimum absolute atomic E-state index is 0.00688. The van der Waals surface area contributed by atoms with E-state index in [0.717, 1.165) is 49.7 Å². The first kappa shape index (κ1) is 24.1. The van der Waals surface area contributed by atoms with Crippen molar-refractivity contribution in [1.29, 1.82) is 0 Å². The highest BCUT2D eigenvalue weighted by atomic mass is 16.3. The minimum atomic E-state index is -1.05. The van der Waals surface area contributed by atoms with Crippen LogP contribution in [0.4, 0.5) is 4.79 Å². The molecule has 1 spiro atoms. The normalized spacial score (nSPS) is 25.6. The number of piperidine rings is 1. The third kappa shape index (κ3) is 4.22. The lowest BCUT2D eigenvalue weighted by Crippen LogP contribution is -2.64. The Bertz CT molecular complexity index is 1340. The average molecular weight is 502 g/mol. The molecule has 37 heavy (non-hydrogen) atoms. The lowest BCUT2D eigenvalue weighted by atomic mass is 9.66. The zero-order valence-corrected chi connectivity index (χ0v) is 21.2. The molecule has 2 atom stereocenters. The van der Waals surface area contributed by atoms with Crippen molar-refractivity contribution in [3.63, 3.8) is 0 Å². The molecule has 2 unspecified atom stereocenters. The molecule has 2 aromatic heterocycles. The molecule has 0 radical (unpaired) electrons. The average Bonchev–Trinajstić information content (AvgIpc) is 3.42. The molecule has 2 amide bonds. The minimum Gasteiger partial charge on any atom is -0.387 e. The van der Waals surface area contributed by atoms with Crippen molar-refractivity contribution in [2.24, 2.45) is 5.41 Å².